The Bertz CT molecular complexity index is 161. The number of rotatable bonds is 9. The summed E-state index contributed by atoms with van der Waals surface area (Å²) in [5.74, 6) is 0. The fourth-order valence-corrected chi connectivity index (χ4v) is 1.79. The van der Waals surface area contributed by atoms with Gasteiger partial charge in [0.25, 0.3) is 0 Å². The zero-order chi connectivity index (χ0) is 11.6. The van der Waals surface area contributed by atoms with Crippen LogP contribution in [0, 0.1) is 0 Å². The Hall–Kier alpha value is -0.120. The lowest BCUT2D eigenvalue weighted by Gasteiger charge is -2.11. The molecule has 3 heteroatoms. The van der Waals surface area contributed by atoms with E-state index >= 15 is 0 Å². The summed E-state index contributed by atoms with van der Waals surface area (Å²) in [6.45, 7) is 6.62. The zero-order valence-electron chi connectivity index (χ0n) is 10.7. The molecule has 0 amide bonds. The molecule has 1 aliphatic rings. The predicted octanol–water partition coefficient (Wildman–Crippen LogP) is 3.12. The second-order valence-electron chi connectivity index (χ2n) is 4.45. The molecule has 16 heavy (non-hydrogen) atoms. The summed E-state index contributed by atoms with van der Waals surface area (Å²) in [4.78, 5) is 0. The van der Waals surface area contributed by atoms with E-state index in [1.165, 1.54) is 25.7 Å². The molecule has 1 fully saturated rings. The van der Waals surface area contributed by atoms with Crippen molar-refractivity contribution in [1.82, 2.24) is 0 Å². The molecular weight excluding hydrogens is 204 g/mol. The van der Waals surface area contributed by atoms with Gasteiger partial charge >= 0.3 is 0 Å². The van der Waals surface area contributed by atoms with Gasteiger partial charge in [0.2, 0.25) is 0 Å². The summed E-state index contributed by atoms with van der Waals surface area (Å²) in [5.41, 5.74) is 0. The van der Waals surface area contributed by atoms with Crippen LogP contribution < -0.4 is 0 Å². The van der Waals surface area contributed by atoms with E-state index in [0.29, 0.717) is 13.2 Å². The van der Waals surface area contributed by atoms with Crippen molar-refractivity contribution in [1.29, 1.82) is 0 Å². The molecular formula is C13H26O3. The minimum absolute atomic E-state index is 0.0178. The second-order valence-corrected chi connectivity index (χ2v) is 4.45. The van der Waals surface area contributed by atoms with Crippen LogP contribution in [0.1, 0.15) is 52.4 Å². The van der Waals surface area contributed by atoms with Crippen LogP contribution >= 0.6 is 0 Å². The molecule has 0 bridgehead atoms. The first-order valence-electron chi connectivity index (χ1n) is 6.71. The van der Waals surface area contributed by atoms with Gasteiger partial charge in [-0.2, -0.15) is 0 Å². The summed E-state index contributed by atoms with van der Waals surface area (Å²) in [6.07, 6.45) is 7.21. The number of ether oxygens (including phenoxy) is 3. The first-order valence-corrected chi connectivity index (χ1v) is 6.71. The third kappa shape index (κ3) is 5.83. The highest BCUT2D eigenvalue weighted by molar-refractivity contribution is 4.64. The van der Waals surface area contributed by atoms with Crippen molar-refractivity contribution in [2.24, 2.45) is 0 Å². The minimum atomic E-state index is 0.0178. The maximum Gasteiger partial charge on any atom is 0.158 e. The Labute approximate surface area is 99.5 Å². The van der Waals surface area contributed by atoms with E-state index < -0.39 is 0 Å². The van der Waals surface area contributed by atoms with E-state index in [4.69, 9.17) is 14.2 Å². The van der Waals surface area contributed by atoms with Crippen LogP contribution in [-0.2, 0) is 14.2 Å². The molecule has 1 heterocycles. The van der Waals surface area contributed by atoms with Gasteiger partial charge in [0.15, 0.2) is 6.29 Å². The Kier molecular flexibility index (Phi) is 7.81. The lowest BCUT2D eigenvalue weighted by molar-refractivity contribution is -0.0759. The highest BCUT2D eigenvalue weighted by atomic mass is 16.7. The highest BCUT2D eigenvalue weighted by Crippen LogP contribution is 2.17. The number of hydrogen-bond acceptors (Lipinski definition) is 3. The Morgan fingerprint density at radius 1 is 1.12 bits per heavy atom. The molecule has 0 radical (unpaired) electrons. The van der Waals surface area contributed by atoms with Gasteiger partial charge in [-0.15, -0.1) is 0 Å². The van der Waals surface area contributed by atoms with Gasteiger partial charge in [-0.05, 0) is 19.3 Å². The van der Waals surface area contributed by atoms with Crippen LogP contribution in [0.2, 0.25) is 0 Å². The molecule has 1 saturated heterocycles. The third-order valence-corrected chi connectivity index (χ3v) is 2.80. The Morgan fingerprint density at radius 2 is 1.94 bits per heavy atom. The van der Waals surface area contributed by atoms with Crippen molar-refractivity contribution in [3.63, 3.8) is 0 Å². The first-order chi connectivity index (χ1) is 7.86. The first kappa shape index (κ1) is 13.9. The monoisotopic (exact) mass is 230 g/mol. The lowest BCUT2D eigenvalue weighted by Crippen LogP contribution is -2.19. The predicted molar refractivity (Wildman–Crippen MR) is 64.5 cm³/mol. The van der Waals surface area contributed by atoms with Crippen molar-refractivity contribution in [2.75, 3.05) is 19.8 Å². The fraction of sp³-hybridized carbons (Fsp3) is 1.00. The van der Waals surface area contributed by atoms with E-state index in [2.05, 4.69) is 13.8 Å². The van der Waals surface area contributed by atoms with Crippen LogP contribution in [0.4, 0.5) is 0 Å². The van der Waals surface area contributed by atoms with E-state index in [1.807, 2.05) is 0 Å². The summed E-state index contributed by atoms with van der Waals surface area (Å²) in [6, 6.07) is 0. The molecule has 2 unspecified atom stereocenters. The van der Waals surface area contributed by atoms with Crippen LogP contribution in [0.25, 0.3) is 0 Å². The highest BCUT2D eigenvalue weighted by Gasteiger charge is 2.25. The van der Waals surface area contributed by atoms with Crippen molar-refractivity contribution >= 4 is 0 Å². The summed E-state index contributed by atoms with van der Waals surface area (Å²) >= 11 is 0. The second kappa shape index (κ2) is 8.97. The Balaban J connectivity index is 1.94. The molecule has 0 spiro atoms. The van der Waals surface area contributed by atoms with E-state index in [0.717, 1.165) is 19.4 Å². The van der Waals surface area contributed by atoms with Crippen LogP contribution in [0.15, 0.2) is 0 Å². The summed E-state index contributed by atoms with van der Waals surface area (Å²) in [5, 5.41) is 0. The molecule has 1 rings (SSSR count). The molecule has 3 nitrogen and oxygen atoms in total. The molecule has 0 aromatic rings. The standard InChI is InChI=1S/C13H26O3/c1-3-5-7-9-14-10-12-11-15-13(16-12)8-6-4-2/h12-13H,3-11H2,1-2H3. The SMILES string of the molecule is CCCCCOCC1COC(CCCC)O1. The maximum absolute atomic E-state index is 5.72. The van der Waals surface area contributed by atoms with Gasteiger partial charge in [-0.25, -0.2) is 0 Å². The van der Waals surface area contributed by atoms with Crippen molar-refractivity contribution < 1.29 is 14.2 Å². The summed E-state index contributed by atoms with van der Waals surface area (Å²) in [7, 11) is 0. The van der Waals surface area contributed by atoms with Crippen LogP contribution in [0.5, 0.6) is 0 Å². The average molecular weight is 230 g/mol. The normalized spacial score (nSPS) is 25.1. The van der Waals surface area contributed by atoms with E-state index in [1.54, 1.807) is 0 Å². The lowest BCUT2D eigenvalue weighted by atomic mass is 10.2. The topological polar surface area (TPSA) is 27.7 Å². The molecule has 0 aliphatic carbocycles. The van der Waals surface area contributed by atoms with Gasteiger partial charge in [0.05, 0.1) is 13.2 Å². The smallest absolute Gasteiger partial charge is 0.158 e. The molecule has 0 N–H and O–H groups in total. The van der Waals surface area contributed by atoms with Crippen molar-refractivity contribution in [2.45, 2.75) is 64.8 Å². The van der Waals surface area contributed by atoms with Crippen molar-refractivity contribution in [3.05, 3.63) is 0 Å². The van der Waals surface area contributed by atoms with Gasteiger partial charge in [-0.1, -0.05) is 33.1 Å². The van der Waals surface area contributed by atoms with E-state index in [-0.39, 0.29) is 12.4 Å². The molecule has 0 saturated carbocycles. The van der Waals surface area contributed by atoms with Crippen LogP contribution in [0.3, 0.4) is 0 Å². The molecule has 0 aromatic heterocycles. The Morgan fingerprint density at radius 3 is 2.69 bits per heavy atom. The molecule has 96 valence electrons. The van der Waals surface area contributed by atoms with Crippen molar-refractivity contribution in [3.8, 4) is 0 Å². The van der Waals surface area contributed by atoms with Gasteiger partial charge < -0.3 is 14.2 Å². The van der Waals surface area contributed by atoms with E-state index in [9.17, 15) is 0 Å². The quantitative estimate of drug-likeness (QED) is 0.570. The van der Waals surface area contributed by atoms with Gasteiger partial charge in [0.1, 0.15) is 6.10 Å². The minimum Gasteiger partial charge on any atom is -0.379 e. The molecule has 2 atom stereocenters. The summed E-state index contributed by atoms with van der Waals surface area (Å²) < 4.78 is 16.8. The zero-order valence-corrected chi connectivity index (χ0v) is 10.7. The molecule has 0 aromatic carbocycles. The number of unbranched alkanes of at least 4 members (excludes halogenated alkanes) is 3. The molecule has 1 aliphatic heterocycles. The number of hydrogen-bond donors (Lipinski definition) is 0. The third-order valence-electron chi connectivity index (χ3n) is 2.80. The average Bonchev–Trinajstić information content (AvgIpc) is 2.74. The van der Waals surface area contributed by atoms with Gasteiger partial charge in [0, 0.05) is 6.61 Å². The van der Waals surface area contributed by atoms with Crippen LogP contribution in [-0.4, -0.2) is 32.2 Å². The van der Waals surface area contributed by atoms with Gasteiger partial charge in [-0.3, -0.25) is 0 Å². The fourth-order valence-electron chi connectivity index (χ4n) is 1.79. The largest absolute Gasteiger partial charge is 0.379 e. The maximum atomic E-state index is 5.72.